The molecule has 1 N–H and O–H groups in total. The van der Waals surface area contributed by atoms with E-state index in [-0.39, 0.29) is 23.9 Å². The van der Waals surface area contributed by atoms with Gasteiger partial charge in [-0.15, -0.1) is 0 Å². The second kappa shape index (κ2) is 10.1. The van der Waals surface area contributed by atoms with Crippen molar-refractivity contribution in [1.29, 1.82) is 0 Å². The van der Waals surface area contributed by atoms with Gasteiger partial charge in [0.2, 0.25) is 0 Å². The van der Waals surface area contributed by atoms with E-state index in [4.69, 9.17) is 14.2 Å². The van der Waals surface area contributed by atoms with E-state index in [0.29, 0.717) is 18.1 Å². The van der Waals surface area contributed by atoms with Crippen molar-refractivity contribution in [3.8, 4) is 17.2 Å². The van der Waals surface area contributed by atoms with Crippen molar-refractivity contribution < 1.29 is 24.1 Å². The molecular formula is C24H22O5. The summed E-state index contributed by atoms with van der Waals surface area (Å²) in [7, 11) is 1.54. The molecule has 0 aromatic heterocycles. The summed E-state index contributed by atoms with van der Waals surface area (Å²) in [5.41, 5.74) is 2.05. The first-order valence-electron chi connectivity index (χ1n) is 9.10. The highest BCUT2D eigenvalue weighted by Gasteiger charge is 2.09. The Morgan fingerprint density at radius 2 is 1.69 bits per heavy atom. The minimum atomic E-state index is -0.285. The highest BCUT2D eigenvalue weighted by Crippen LogP contribution is 2.30. The number of benzene rings is 3. The largest absolute Gasteiger partial charge is 0.507 e. The molecule has 29 heavy (non-hydrogen) atoms. The van der Waals surface area contributed by atoms with Crippen LogP contribution in [0.3, 0.4) is 0 Å². The first-order chi connectivity index (χ1) is 14.2. The van der Waals surface area contributed by atoms with Gasteiger partial charge in [0, 0.05) is 7.11 Å². The quantitative estimate of drug-likeness (QED) is 0.321. The van der Waals surface area contributed by atoms with E-state index in [1.54, 1.807) is 43.5 Å². The molecule has 0 atom stereocenters. The predicted octanol–water partition coefficient (Wildman–Crippen LogP) is 4.85. The smallest absolute Gasteiger partial charge is 0.189 e. The zero-order chi connectivity index (χ0) is 20.5. The van der Waals surface area contributed by atoms with Gasteiger partial charge in [0.25, 0.3) is 0 Å². The Hall–Kier alpha value is -3.57. The Morgan fingerprint density at radius 3 is 2.45 bits per heavy atom. The number of methoxy groups -OCH3 is 1. The maximum absolute atomic E-state index is 12.3. The van der Waals surface area contributed by atoms with Crippen LogP contribution in [0.15, 0.2) is 78.9 Å². The fourth-order valence-corrected chi connectivity index (χ4v) is 2.66. The van der Waals surface area contributed by atoms with Gasteiger partial charge in [0.05, 0.1) is 5.56 Å². The maximum atomic E-state index is 12.3. The molecule has 3 rings (SSSR count). The molecule has 5 heteroatoms. The minimum Gasteiger partial charge on any atom is -0.507 e. The van der Waals surface area contributed by atoms with Gasteiger partial charge in [0.1, 0.15) is 12.4 Å². The van der Waals surface area contributed by atoms with Crippen LogP contribution in [-0.2, 0) is 11.3 Å². The summed E-state index contributed by atoms with van der Waals surface area (Å²) in [5.74, 6) is 0.762. The molecule has 0 heterocycles. The molecule has 3 aromatic rings. The number of carbonyl (C=O) groups excluding carboxylic acids is 1. The molecule has 0 fully saturated rings. The van der Waals surface area contributed by atoms with E-state index >= 15 is 0 Å². The average Bonchev–Trinajstić information content (AvgIpc) is 2.76. The molecule has 0 saturated carbocycles. The van der Waals surface area contributed by atoms with E-state index in [1.807, 2.05) is 36.4 Å². The Morgan fingerprint density at radius 1 is 0.931 bits per heavy atom. The molecule has 0 radical (unpaired) electrons. The molecule has 5 nitrogen and oxygen atoms in total. The molecule has 0 spiro atoms. The van der Waals surface area contributed by atoms with Crippen molar-refractivity contribution in [3.05, 3.63) is 95.6 Å². The Kier molecular flexibility index (Phi) is 7.03. The third-order valence-corrected chi connectivity index (χ3v) is 4.13. The van der Waals surface area contributed by atoms with Crippen molar-refractivity contribution >= 4 is 11.9 Å². The normalized spacial score (nSPS) is 10.8. The summed E-state index contributed by atoms with van der Waals surface area (Å²) in [6.45, 7) is 0.483. The van der Waals surface area contributed by atoms with Crippen molar-refractivity contribution in [2.24, 2.45) is 0 Å². The number of hydrogen-bond acceptors (Lipinski definition) is 5. The van der Waals surface area contributed by atoms with Crippen LogP contribution in [0.25, 0.3) is 6.08 Å². The molecule has 0 aliphatic heterocycles. The predicted molar refractivity (Wildman–Crippen MR) is 111 cm³/mol. The zero-order valence-electron chi connectivity index (χ0n) is 16.1. The first kappa shape index (κ1) is 20.2. The van der Waals surface area contributed by atoms with Gasteiger partial charge in [-0.1, -0.05) is 54.6 Å². The van der Waals surface area contributed by atoms with Gasteiger partial charge in [-0.3, -0.25) is 4.79 Å². The Balaban J connectivity index is 1.75. The van der Waals surface area contributed by atoms with E-state index in [2.05, 4.69) is 0 Å². The number of para-hydroxylation sites is 1. The molecule has 0 bridgehead atoms. The van der Waals surface area contributed by atoms with E-state index in [9.17, 15) is 9.90 Å². The molecule has 148 valence electrons. The lowest BCUT2D eigenvalue weighted by Gasteiger charge is -2.13. The number of carbonyl (C=O) groups is 1. The minimum absolute atomic E-state index is 0.0454. The van der Waals surface area contributed by atoms with Crippen LogP contribution >= 0.6 is 0 Å². The SMILES string of the molecule is COCOc1cc(C=CC(=O)c2ccccc2O)ccc1OCc1ccccc1. The summed E-state index contributed by atoms with van der Waals surface area (Å²) in [5, 5.41) is 9.80. The Labute approximate surface area is 169 Å². The molecule has 0 aliphatic carbocycles. The van der Waals surface area contributed by atoms with Crippen molar-refractivity contribution in [2.75, 3.05) is 13.9 Å². The standard InChI is InChI=1S/C24H22O5/c1-27-17-29-24-15-18(11-13-22(26)20-9-5-6-10-21(20)25)12-14-23(24)28-16-19-7-3-2-4-8-19/h2-15,25H,16-17H2,1H3. The van der Waals surface area contributed by atoms with Crippen molar-refractivity contribution in [1.82, 2.24) is 0 Å². The molecular weight excluding hydrogens is 368 g/mol. The second-order valence-corrected chi connectivity index (χ2v) is 6.25. The number of phenolic OH excluding ortho intramolecular Hbond substituents is 1. The second-order valence-electron chi connectivity index (χ2n) is 6.25. The van der Waals surface area contributed by atoms with Crippen molar-refractivity contribution in [2.45, 2.75) is 6.61 Å². The van der Waals surface area contributed by atoms with Crippen molar-refractivity contribution in [3.63, 3.8) is 0 Å². The topological polar surface area (TPSA) is 65.0 Å². The van der Waals surface area contributed by atoms with Gasteiger partial charge in [-0.25, -0.2) is 0 Å². The van der Waals surface area contributed by atoms with Crippen LogP contribution in [0.1, 0.15) is 21.5 Å². The monoisotopic (exact) mass is 390 g/mol. The van der Waals surface area contributed by atoms with Crippen LogP contribution in [0.4, 0.5) is 0 Å². The van der Waals surface area contributed by atoms with Crippen LogP contribution in [-0.4, -0.2) is 24.8 Å². The fourth-order valence-electron chi connectivity index (χ4n) is 2.66. The summed E-state index contributed by atoms with van der Waals surface area (Å²) in [6, 6.07) is 21.7. The fraction of sp³-hybridized carbons (Fsp3) is 0.125. The third kappa shape index (κ3) is 5.70. The average molecular weight is 390 g/mol. The summed E-state index contributed by atoms with van der Waals surface area (Å²) >= 11 is 0. The van der Waals surface area contributed by atoms with Gasteiger partial charge in [-0.05, 0) is 41.5 Å². The molecule has 0 amide bonds. The van der Waals surface area contributed by atoms with Gasteiger partial charge in [0.15, 0.2) is 24.1 Å². The van der Waals surface area contributed by atoms with Gasteiger partial charge < -0.3 is 19.3 Å². The molecule has 0 aliphatic rings. The summed E-state index contributed by atoms with van der Waals surface area (Å²) < 4.78 is 16.5. The maximum Gasteiger partial charge on any atom is 0.189 e. The van der Waals surface area contributed by atoms with E-state index in [1.165, 1.54) is 12.1 Å². The molecule has 3 aromatic carbocycles. The van der Waals surface area contributed by atoms with Gasteiger partial charge >= 0.3 is 0 Å². The molecule has 0 unspecified atom stereocenters. The summed E-state index contributed by atoms with van der Waals surface area (Å²) in [6.07, 6.45) is 3.07. The highest BCUT2D eigenvalue weighted by atomic mass is 16.7. The van der Waals surface area contributed by atoms with Gasteiger partial charge in [-0.2, -0.15) is 0 Å². The number of phenols is 1. The molecule has 0 saturated heterocycles. The van der Waals surface area contributed by atoms with Crippen LogP contribution in [0, 0.1) is 0 Å². The van der Waals surface area contributed by atoms with Crippen LogP contribution in [0.5, 0.6) is 17.2 Å². The van der Waals surface area contributed by atoms with Crippen LogP contribution < -0.4 is 9.47 Å². The van der Waals surface area contributed by atoms with E-state index in [0.717, 1.165) is 11.1 Å². The highest BCUT2D eigenvalue weighted by molar-refractivity contribution is 6.08. The van der Waals surface area contributed by atoms with E-state index < -0.39 is 0 Å². The lowest BCUT2D eigenvalue weighted by atomic mass is 10.1. The third-order valence-electron chi connectivity index (χ3n) is 4.13. The zero-order valence-corrected chi connectivity index (χ0v) is 16.1. The number of aromatic hydroxyl groups is 1. The lowest BCUT2D eigenvalue weighted by Crippen LogP contribution is -2.03. The summed E-state index contributed by atoms with van der Waals surface area (Å²) in [4.78, 5) is 12.3. The van der Waals surface area contributed by atoms with Crippen LogP contribution in [0.2, 0.25) is 0 Å². The Bertz CT molecular complexity index is 980. The number of ketones is 1. The number of rotatable bonds is 9. The number of allylic oxidation sites excluding steroid dienone is 1. The lowest BCUT2D eigenvalue weighted by molar-refractivity contribution is 0.0484. The first-order valence-corrected chi connectivity index (χ1v) is 9.10. The number of ether oxygens (including phenoxy) is 3. The number of hydrogen-bond donors (Lipinski definition) is 1.